The van der Waals surface area contributed by atoms with Crippen molar-refractivity contribution >= 4 is 11.9 Å². The van der Waals surface area contributed by atoms with Crippen molar-refractivity contribution in [2.75, 3.05) is 13.2 Å². The maximum atomic E-state index is 12.1. The van der Waals surface area contributed by atoms with Gasteiger partial charge in [0, 0.05) is 0 Å². The number of aliphatic hydroxyl groups excluding tert-OH is 1. The SMILES string of the molecule is CCCCCCCCCCCCCCCCCCCCC/C=C/C[C@@H](C(=O)OCC)[C@H](O)C(=O)OCC. The van der Waals surface area contributed by atoms with Crippen LogP contribution in [0.15, 0.2) is 12.2 Å². The van der Waals surface area contributed by atoms with Gasteiger partial charge in [-0.15, -0.1) is 0 Å². The summed E-state index contributed by atoms with van der Waals surface area (Å²) in [6.45, 7) is 6.04. The molecule has 0 spiro atoms. The van der Waals surface area contributed by atoms with Crippen molar-refractivity contribution in [2.24, 2.45) is 5.92 Å². The first-order chi connectivity index (χ1) is 18.1. The van der Waals surface area contributed by atoms with Gasteiger partial charge in [0.1, 0.15) is 0 Å². The molecule has 0 unspecified atom stereocenters. The quantitative estimate of drug-likeness (QED) is 0.0660. The van der Waals surface area contributed by atoms with Crippen molar-refractivity contribution < 1.29 is 24.2 Å². The topological polar surface area (TPSA) is 72.8 Å². The lowest BCUT2D eigenvalue weighted by atomic mass is 9.98. The van der Waals surface area contributed by atoms with Gasteiger partial charge < -0.3 is 14.6 Å². The minimum atomic E-state index is -1.49. The highest BCUT2D eigenvalue weighted by Gasteiger charge is 2.33. The zero-order chi connectivity index (χ0) is 27.4. The largest absolute Gasteiger partial charge is 0.466 e. The molecule has 0 saturated carbocycles. The summed E-state index contributed by atoms with van der Waals surface area (Å²) in [5, 5.41) is 10.2. The van der Waals surface area contributed by atoms with Crippen LogP contribution < -0.4 is 0 Å². The molecule has 0 radical (unpaired) electrons. The Morgan fingerprint density at radius 1 is 0.568 bits per heavy atom. The van der Waals surface area contributed by atoms with E-state index in [1.807, 2.05) is 12.2 Å². The standard InChI is InChI=1S/C32H60O5/c1-4-7-8-9-10-11-12-13-14-15-16-17-18-19-20-21-22-23-24-25-26-27-28-29(31(34)36-5-2)30(33)32(35)37-6-3/h26-27,29-30,33H,4-25,28H2,1-3H3/b27-26+/t29-,30+/m1/s1. The fraction of sp³-hybridized carbons (Fsp3) is 0.875. The molecule has 37 heavy (non-hydrogen) atoms. The van der Waals surface area contributed by atoms with Crippen molar-refractivity contribution in [2.45, 2.75) is 162 Å². The van der Waals surface area contributed by atoms with Crippen LogP contribution in [0.2, 0.25) is 0 Å². The average molecular weight is 525 g/mol. The molecule has 0 rings (SSSR count). The molecule has 1 N–H and O–H groups in total. The van der Waals surface area contributed by atoms with Gasteiger partial charge in [-0.25, -0.2) is 4.79 Å². The van der Waals surface area contributed by atoms with Crippen LogP contribution in [0.25, 0.3) is 0 Å². The van der Waals surface area contributed by atoms with Gasteiger partial charge >= 0.3 is 11.9 Å². The van der Waals surface area contributed by atoms with E-state index >= 15 is 0 Å². The Kier molecular flexibility index (Phi) is 26.7. The molecule has 0 fully saturated rings. The van der Waals surface area contributed by atoms with E-state index in [1.54, 1.807) is 13.8 Å². The lowest BCUT2D eigenvalue weighted by Crippen LogP contribution is -2.37. The van der Waals surface area contributed by atoms with E-state index < -0.39 is 24.0 Å². The number of esters is 2. The molecule has 0 aliphatic rings. The van der Waals surface area contributed by atoms with Gasteiger partial charge in [0.05, 0.1) is 19.1 Å². The van der Waals surface area contributed by atoms with Gasteiger partial charge in [-0.3, -0.25) is 4.79 Å². The summed E-state index contributed by atoms with van der Waals surface area (Å²) in [5.74, 6) is -2.25. The minimum Gasteiger partial charge on any atom is -0.466 e. The van der Waals surface area contributed by atoms with E-state index in [2.05, 4.69) is 6.92 Å². The second-order valence-corrected chi connectivity index (χ2v) is 10.4. The third kappa shape index (κ3) is 22.3. The summed E-state index contributed by atoms with van der Waals surface area (Å²) in [7, 11) is 0. The molecule has 0 bridgehead atoms. The number of rotatable bonds is 27. The summed E-state index contributed by atoms with van der Waals surface area (Å²) in [6.07, 6.45) is 29.7. The van der Waals surface area contributed by atoms with Crippen LogP contribution in [0, 0.1) is 5.92 Å². The van der Waals surface area contributed by atoms with Crippen molar-refractivity contribution in [3.63, 3.8) is 0 Å². The number of hydrogen-bond donors (Lipinski definition) is 1. The van der Waals surface area contributed by atoms with Crippen LogP contribution in [-0.2, 0) is 19.1 Å². The highest BCUT2D eigenvalue weighted by atomic mass is 16.6. The number of carbonyl (C=O) groups is 2. The highest BCUT2D eigenvalue weighted by Crippen LogP contribution is 2.17. The molecule has 5 nitrogen and oxygen atoms in total. The Morgan fingerprint density at radius 2 is 0.946 bits per heavy atom. The zero-order valence-corrected chi connectivity index (χ0v) is 24.7. The van der Waals surface area contributed by atoms with E-state index in [9.17, 15) is 14.7 Å². The number of unbranched alkanes of at least 4 members (excludes halogenated alkanes) is 19. The van der Waals surface area contributed by atoms with Gasteiger partial charge in [-0.05, 0) is 33.1 Å². The molecule has 0 amide bonds. The maximum absolute atomic E-state index is 12.1. The molecule has 0 aromatic heterocycles. The van der Waals surface area contributed by atoms with Crippen LogP contribution in [0.5, 0.6) is 0 Å². The molecule has 0 aliphatic carbocycles. The third-order valence-corrected chi connectivity index (χ3v) is 7.03. The summed E-state index contributed by atoms with van der Waals surface area (Å²) in [6, 6.07) is 0. The van der Waals surface area contributed by atoms with E-state index in [4.69, 9.17) is 9.47 Å². The number of carbonyl (C=O) groups excluding carboxylic acids is 2. The van der Waals surface area contributed by atoms with E-state index in [1.165, 1.54) is 116 Å². The molecule has 0 saturated heterocycles. The van der Waals surface area contributed by atoms with E-state index in [0.717, 1.165) is 12.8 Å². The number of hydrogen-bond acceptors (Lipinski definition) is 5. The maximum Gasteiger partial charge on any atom is 0.335 e. The minimum absolute atomic E-state index is 0.167. The Morgan fingerprint density at radius 3 is 1.35 bits per heavy atom. The van der Waals surface area contributed by atoms with Gasteiger partial charge in [-0.2, -0.15) is 0 Å². The molecule has 0 aromatic rings. The molecule has 218 valence electrons. The number of allylic oxidation sites excluding steroid dienone is 2. The first kappa shape index (κ1) is 35.6. The molecular weight excluding hydrogens is 464 g/mol. The van der Waals surface area contributed by atoms with Gasteiger partial charge in [-0.1, -0.05) is 135 Å². The number of ether oxygens (including phenoxy) is 2. The second kappa shape index (κ2) is 27.7. The van der Waals surface area contributed by atoms with E-state index in [0.29, 0.717) is 0 Å². The molecule has 0 aliphatic heterocycles. The van der Waals surface area contributed by atoms with Crippen LogP contribution in [-0.4, -0.2) is 36.4 Å². The fourth-order valence-corrected chi connectivity index (χ4v) is 4.70. The third-order valence-electron chi connectivity index (χ3n) is 7.03. The van der Waals surface area contributed by atoms with Gasteiger partial charge in [0.25, 0.3) is 0 Å². The Hall–Kier alpha value is -1.36. The van der Waals surface area contributed by atoms with Crippen molar-refractivity contribution in [1.82, 2.24) is 0 Å². The monoisotopic (exact) mass is 524 g/mol. The molecule has 0 aromatic carbocycles. The molecular formula is C32H60O5. The van der Waals surface area contributed by atoms with Crippen molar-refractivity contribution in [3.8, 4) is 0 Å². The van der Waals surface area contributed by atoms with Gasteiger partial charge in [0.15, 0.2) is 6.10 Å². The predicted molar refractivity (Wildman–Crippen MR) is 155 cm³/mol. The van der Waals surface area contributed by atoms with Crippen molar-refractivity contribution in [3.05, 3.63) is 12.2 Å². The Labute approximate surface area is 229 Å². The molecule has 0 heterocycles. The lowest BCUT2D eigenvalue weighted by molar-refractivity contribution is -0.165. The Bertz CT molecular complexity index is 545. The van der Waals surface area contributed by atoms with Gasteiger partial charge in [0.2, 0.25) is 0 Å². The smallest absolute Gasteiger partial charge is 0.335 e. The second-order valence-electron chi connectivity index (χ2n) is 10.4. The van der Waals surface area contributed by atoms with Crippen LogP contribution in [0.4, 0.5) is 0 Å². The zero-order valence-electron chi connectivity index (χ0n) is 24.7. The first-order valence-corrected chi connectivity index (χ1v) is 15.7. The average Bonchev–Trinajstić information content (AvgIpc) is 2.89. The van der Waals surface area contributed by atoms with Crippen LogP contribution in [0.3, 0.4) is 0 Å². The highest BCUT2D eigenvalue weighted by molar-refractivity contribution is 5.83. The van der Waals surface area contributed by atoms with Crippen LogP contribution >= 0.6 is 0 Å². The lowest BCUT2D eigenvalue weighted by Gasteiger charge is -2.18. The molecule has 5 heteroatoms. The molecule has 2 atom stereocenters. The predicted octanol–water partition coefficient (Wildman–Crippen LogP) is 8.86. The normalized spacial score (nSPS) is 13.1. The van der Waals surface area contributed by atoms with E-state index in [-0.39, 0.29) is 19.6 Å². The first-order valence-electron chi connectivity index (χ1n) is 15.7. The fourth-order valence-electron chi connectivity index (χ4n) is 4.70. The number of aliphatic hydroxyl groups is 1. The summed E-state index contributed by atoms with van der Waals surface area (Å²) < 4.78 is 9.86. The Balaban J connectivity index is 3.60. The summed E-state index contributed by atoms with van der Waals surface area (Å²) in [5.41, 5.74) is 0. The summed E-state index contributed by atoms with van der Waals surface area (Å²) >= 11 is 0. The van der Waals surface area contributed by atoms with Crippen molar-refractivity contribution in [1.29, 1.82) is 0 Å². The summed E-state index contributed by atoms with van der Waals surface area (Å²) in [4.78, 5) is 23.9. The van der Waals surface area contributed by atoms with Crippen LogP contribution in [0.1, 0.15) is 156 Å².